The van der Waals surface area contributed by atoms with Crippen molar-refractivity contribution in [3.8, 4) is 17.4 Å². The number of ether oxygens (including phenoxy) is 1. The van der Waals surface area contributed by atoms with E-state index >= 15 is 0 Å². The summed E-state index contributed by atoms with van der Waals surface area (Å²) in [5.41, 5.74) is 4.14. The topological polar surface area (TPSA) is 88.0 Å². The van der Waals surface area contributed by atoms with Crippen LogP contribution in [0.15, 0.2) is 24.5 Å². The molecule has 9 heteroatoms. The first kappa shape index (κ1) is 16.0. The van der Waals surface area contributed by atoms with Gasteiger partial charge in [-0.1, -0.05) is 0 Å². The molecular weight excluding hydrogens is 344 g/mol. The molecule has 0 amide bonds. The Morgan fingerprint density at radius 2 is 1.96 bits per heavy atom. The van der Waals surface area contributed by atoms with Crippen LogP contribution in [-0.2, 0) is 14.1 Å². The summed E-state index contributed by atoms with van der Waals surface area (Å²) in [5.74, 6) is 2.57. The Morgan fingerprint density at radius 3 is 2.70 bits per heavy atom. The van der Waals surface area contributed by atoms with Gasteiger partial charge in [0.25, 0.3) is 5.78 Å². The molecule has 2 atom stereocenters. The van der Waals surface area contributed by atoms with Gasteiger partial charge in [-0.15, -0.1) is 5.10 Å². The van der Waals surface area contributed by atoms with Crippen LogP contribution in [0.4, 0.5) is 0 Å². The van der Waals surface area contributed by atoms with Crippen LogP contribution in [0, 0.1) is 6.92 Å². The Bertz CT molecular complexity index is 1150. The maximum absolute atomic E-state index is 5.22. The zero-order chi connectivity index (χ0) is 18.7. The van der Waals surface area contributed by atoms with E-state index in [1.54, 1.807) is 11.6 Å². The summed E-state index contributed by atoms with van der Waals surface area (Å²) in [6.07, 6.45) is 5.12. The lowest BCUT2D eigenvalue weighted by Gasteiger charge is -2.00. The Labute approximate surface area is 155 Å². The van der Waals surface area contributed by atoms with Gasteiger partial charge in [-0.2, -0.15) is 20.2 Å². The molecule has 27 heavy (non-hydrogen) atoms. The Kier molecular flexibility index (Phi) is 3.33. The number of nitrogens with zero attached hydrogens (tertiary/aromatic N) is 8. The minimum Gasteiger partial charge on any atom is -0.481 e. The van der Waals surface area contributed by atoms with Gasteiger partial charge in [0.2, 0.25) is 11.7 Å². The van der Waals surface area contributed by atoms with Crippen molar-refractivity contribution in [2.45, 2.75) is 25.2 Å². The van der Waals surface area contributed by atoms with Crippen molar-refractivity contribution in [3.63, 3.8) is 0 Å². The van der Waals surface area contributed by atoms with Gasteiger partial charge >= 0.3 is 0 Å². The third kappa shape index (κ3) is 2.57. The maximum atomic E-state index is 5.22. The molecule has 5 rings (SSSR count). The highest BCUT2D eigenvalue weighted by molar-refractivity contribution is 5.54. The van der Waals surface area contributed by atoms with Crippen LogP contribution in [-0.4, -0.2) is 46.3 Å². The molecule has 0 N–H and O–H groups in total. The van der Waals surface area contributed by atoms with Crippen LogP contribution in [0.25, 0.3) is 17.3 Å². The van der Waals surface area contributed by atoms with Crippen LogP contribution in [0.2, 0.25) is 0 Å². The molecule has 1 aliphatic carbocycles. The van der Waals surface area contributed by atoms with E-state index in [1.807, 2.05) is 42.6 Å². The Balaban J connectivity index is 1.48. The van der Waals surface area contributed by atoms with Gasteiger partial charge in [0.05, 0.1) is 19.0 Å². The van der Waals surface area contributed by atoms with Gasteiger partial charge in [0.15, 0.2) is 0 Å². The number of aromatic nitrogens is 8. The normalized spacial score (nSPS) is 19.0. The maximum Gasteiger partial charge on any atom is 0.256 e. The number of fused-ring (bicyclic) bond motifs is 1. The van der Waals surface area contributed by atoms with E-state index in [0.717, 1.165) is 23.5 Å². The van der Waals surface area contributed by atoms with Gasteiger partial charge < -0.3 is 4.74 Å². The molecule has 138 valence electrons. The fraction of sp³-hybridized carbons (Fsp3) is 0.389. The smallest absolute Gasteiger partial charge is 0.256 e. The average molecular weight is 364 g/mol. The fourth-order valence-corrected chi connectivity index (χ4v) is 3.60. The summed E-state index contributed by atoms with van der Waals surface area (Å²) in [6.45, 7) is 1.95. The van der Waals surface area contributed by atoms with Gasteiger partial charge in [-0.3, -0.25) is 9.36 Å². The monoisotopic (exact) mass is 364 g/mol. The van der Waals surface area contributed by atoms with Gasteiger partial charge in [0, 0.05) is 38.0 Å². The van der Waals surface area contributed by atoms with Gasteiger partial charge in [0.1, 0.15) is 5.69 Å². The zero-order valence-electron chi connectivity index (χ0n) is 15.7. The molecular formula is C18H20N8O. The molecule has 1 aliphatic rings. The summed E-state index contributed by atoms with van der Waals surface area (Å²) in [6, 6.07) is 3.92. The van der Waals surface area contributed by atoms with Gasteiger partial charge in [-0.05, 0) is 30.9 Å². The van der Waals surface area contributed by atoms with Crippen LogP contribution < -0.4 is 4.74 Å². The first-order valence-corrected chi connectivity index (χ1v) is 8.84. The summed E-state index contributed by atoms with van der Waals surface area (Å²) in [7, 11) is 5.46. The largest absolute Gasteiger partial charge is 0.481 e. The van der Waals surface area contributed by atoms with Crippen LogP contribution in [0.1, 0.15) is 35.2 Å². The second-order valence-corrected chi connectivity index (χ2v) is 7.06. The summed E-state index contributed by atoms with van der Waals surface area (Å²) in [4.78, 5) is 8.94. The lowest BCUT2D eigenvalue weighted by atomic mass is 10.1. The third-order valence-corrected chi connectivity index (χ3v) is 5.13. The second-order valence-electron chi connectivity index (χ2n) is 7.06. The van der Waals surface area contributed by atoms with Crippen molar-refractivity contribution in [1.29, 1.82) is 0 Å². The van der Waals surface area contributed by atoms with Crippen LogP contribution >= 0.6 is 0 Å². The molecule has 1 fully saturated rings. The molecule has 2 unspecified atom stereocenters. The summed E-state index contributed by atoms with van der Waals surface area (Å²) < 4.78 is 10.6. The van der Waals surface area contributed by atoms with Crippen molar-refractivity contribution in [2.75, 3.05) is 7.11 Å². The fourth-order valence-electron chi connectivity index (χ4n) is 3.60. The molecule has 0 bridgehead atoms. The number of hydrogen-bond acceptors (Lipinski definition) is 6. The molecule has 4 aromatic heterocycles. The molecule has 0 radical (unpaired) electrons. The molecule has 4 heterocycles. The van der Waals surface area contributed by atoms with E-state index in [0.29, 0.717) is 29.3 Å². The lowest BCUT2D eigenvalue weighted by molar-refractivity contribution is 0.397. The van der Waals surface area contributed by atoms with E-state index in [-0.39, 0.29) is 0 Å². The first-order valence-electron chi connectivity index (χ1n) is 8.84. The number of methoxy groups -OCH3 is 1. The Morgan fingerprint density at radius 1 is 1.11 bits per heavy atom. The highest BCUT2D eigenvalue weighted by Crippen LogP contribution is 2.54. The second kappa shape index (κ2) is 5.63. The summed E-state index contributed by atoms with van der Waals surface area (Å²) >= 11 is 0. The molecule has 0 aromatic carbocycles. The average Bonchev–Trinajstić information content (AvgIpc) is 2.96. The van der Waals surface area contributed by atoms with Crippen LogP contribution in [0.3, 0.4) is 0 Å². The van der Waals surface area contributed by atoms with E-state index < -0.39 is 0 Å². The molecule has 4 aromatic rings. The molecule has 1 saturated carbocycles. The first-order chi connectivity index (χ1) is 13.0. The minimum atomic E-state index is 0.422. The lowest BCUT2D eigenvalue weighted by Crippen LogP contribution is -1.98. The van der Waals surface area contributed by atoms with E-state index in [2.05, 4.69) is 32.4 Å². The van der Waals surface area contributed by atoms with Crippen molar-refractivity contribution in [1.82, 2.24) is 39.1 Å². The number of hydrogen-bond donors (Lipinski definition) is 0. The molecule has 0 saturated heterocycles. The zero-order valence-corrected chi connectivity index (χ0v) is 15.7. The standard InChI is InChI=1S/C18H20N8O/c1-10-5-16(27-4)20-18-21-17(23-26(10)18)15-7-14(22-25(15)3)13-6-12(13)11-8-19-24(2)9-11/h5,7-9,12-13H,6H2,1-4H3. The van der Waals surface area contributed by atoms with Gasteiger partial charge in [-0.25, -0.2) is 4.52 Å². The molecule has 0 spiro atoms. The molecule has 9 nitrogen and oxygen atoms in total. The van der Waals surface area contributed by atoms with E-state index in [1.165, 1.54) is 5.56 Å². The SMILES string of the molecule is COc1cc(C)n2nc(-c3cc(C4CC4c4cnn(C)c4)nn3C)nc2n1. The minimum absolute atomic E-state index is 0.422. The highest BCUT2D eigenvalue weighted by atomic mass is 16.5. The Hall–Kier alpha value is -3.23. The summed E-state index contributed by atoms with van der Waals surface area (Å²) in [5, 5.41) is 13.6. The van der Waals surface area contributed by atoms with Crippen molar-refractivity contribution >= 4 is 5.78 Å². The van der Waals surface area contributed by atoms with E-state index in [4.69, 9.17) is 9.84 Å². The van der Waals surface area contributed by atoms with E-state index in [9.17, 15) is 0 Å². The van der Waals surface area contributed by atoms with Crippen molar-refractivity contribution < 1.29 is 4.74 Å². The predicted octanol–water partition coefficient (Wildman–Crippen LogP) is 1.85. The molecule has 0 aliphatic heterocycles. The van der Waals surface area contributed by atoms with Crippen LogP contribution in [0.5, 0.6) is 5.88 Å². The quantitative estimate of drug-likeness (QED) is 0.549. The van der Waals surface area contributed by atoms with Crippen molar-refractivity contribution in [2.24, 2.45) is 14.1 Å². The third-order valence-electron chi connectivity index (χ3n) is 5.13. The highest BCUT2D eigenvalue weighted by Gasteiger charge is 2.42. The van der Waals surface area contributed by atoms with Crippen molar-refractivity contribution in [3.05, 3.63) is 41.5 Å². The number of rotatable bonds is 4. The predicted molar refractivity (Wildman–Crippen MR) is 97.6 cm³/mol. The number of aryl methyl sites for hydroxylation is 3.